The molecule has 1 heterocycles. The number of carbonyl (C=O) groups excluding carboxylic acids is 1. The lowest BCUT2D eigenvalue weighted by atomic mass is 9.87. The number of carbonyl (C=O) groups is 1. The summed E-state index contributed by atoms with van der Waals surface area (Å²) in [5, 5.41) is 4.04. The number of aromatic nitrogens is 1. The fraction of sp³-hybridized carbons (Fsp3) is 0.273. The van der Waals surface area contributed by atoms with E-state index in [-0.39, 0.29) is 22.9 Å². The van der Waals surface area contributed by atoms with Crippen LogP contribution in [0.4, 0.5) is 0 Å². The second kappa shape index (κ2) is 7.20. The maximum Gasteiger partial charge on any atom is 0.257 e. The Morgan fingerprint density at radius 2 is 2.07 bits per heavy atom. The number of nitrogens with one attached hydrogen (secondary N) is 1. The molecule has 0 saturated carbocycles. The van der Waals surface area contributed by atoms with Crippen molar-refractivity contribution in [1.82, 2.24) is 9.88 Å². The van der Waals surface area contributed by atoms with Crippen LogP contribution in [0.3, 0.4) is 0 Å². The molecule has 2 aromatic carbocycles. The molecule has 0 bridgehead atoms. The van der Waals surface area contributed by atoms with E-state index < -0.39 is 0 Å². The SMILES string of the molecule is CCn1cc(C(=O)NC2CCCc3ccccc32)c(=O)c2cc(Cl)ccc21. The average molecular weight is 381 g/mol. The second-order valence-electron chi connectivity index (χ2n) is 6.94. The quantitative estimate of drug-likeness (QED) is 0.728. The number of fused-ring (bicyclic) bond motifs is 2. The Morgan fingerprint density at radius 1 is 1.26 bits per heavy atom. The van der Waals surface area contributed by atoms with Gasteiger partial charge < -0.3 is 9.88 Å². The van der Waals surface area contributed by atoms with Crippen LogP contribution in [-0.2, 0) is 13.0 Å². The zero-order chi connectivity index (χ0) is 19.0. The van der Waals surface area contributed by atoms with Gasteiger partial charge in [0.1, 0.15) is 5.56 Å². The van der Waals surface area contributed by atoms with Crippen LogP contribution in [0.15, 0.2) is 53.5 Å². The third kappa shape index (κ3) is 3.26. The topological polar surface area (TPSA) is 51.1 Å². The molecule has 0 saturated heterocycles. The molecular formula is C22H21ClN2O2. The van der Waals surface area contributed by atoms with Crippen molar-refractivity contribution >= 4 is 28.4 Å². The Kier molecular flexibility index (Phi) is 4.75. The number of halogens is 1. The molecule has 1 N–H and O–H groups in total. The van der Waals surface area contributed by atoms with Gasteiger partial charge in [0.25, 0.3) is 5.91 Å². The van der Waals surface area contributed by atoms with Gasteiger partial charge in [-0.2, -0.15) is 0 Å². The summed E-state index contributed by atoms with van der Waals surface area (Å²) >= 11 is 6.08. The number of hydrogen-bond acceptors (Lipinski definition) is 2. The summed E-state index contributed by atoms with van der Waals surface area (Å²) in [6.45, 7) is 2.64. The fourth-order valence-electron chi connectivity index (χ4n) is 3.93. The molecular weight excluding hydrogens is 360 g/mol. The molecule has 138 valence electrons. The van der Waals surface area contributed by atoms with Crippen LogP contribution in [0.5, 0.6) is 0 Å². The minimum atomic E-state index is -0.328. The van der Waals surface area contributed by atoms with Gasteiger partial charge in [-0.05, 0) is 55.5 Å². The second-order valence-corrected chi connectivity index (χ2v) is 7.37. The molecule has 1 aromatic heterocycles. The first-order valence-electron chi connectivity index (χ1n) is 9.30. The molecule has 4 rings (SSSR count). The van der Waals surface area contributed by atoms with E-state index in [1.807, 2.05) is 29.7 Å². The van der Waals surface area contributed by atoms with Gasteiger partial charge in [0.15, 0.2) is 0 Å². The molecule has 1 unspecified atom stereocenters. The minimum Gasteiger partial charge on any atom is -0.347 e. The minimum absolute atomic E-state index is 0.0630. The summed E-state index contributed by atoms with van der Waals surface area (Å²) in [6.07, 6.45) is 4.58. The zero-order valence-electron chi connectivity index (χ0n) is 15.2. The predicted octanol–water partition coefficient (Wildman–Crippen LogP) is 4.48. The van der Waals surface area contributed by atoms with Crippen LogP contribution in [0.25, 0.3) is 10.9 Å². The van der Waals surface area contributed by atoms with Gasteiger partial charge in [0.05, 0.1) is 11.6 Å². The molecule has 1 aliphatic carbocycles. The first-order valence-corrected chi connectivity index (χ1v) is 9.67. The van der Waals surface area contributed by atoms with Crippen LogP contribution >= 0.6 is 11.6 Å². The van der Waals surface area contributed by atoms with Gasteiger partial charge in [-0.25, -0.2) is 0 Å². The van der Waals surface area contributed by atoms with E-state index in [2.05, 4.69) is 17.4 Å². The molecule has 27 heavy (non-hydrogen) atoms. The molecule has 5 heteroatoms. The van der Waals surface area contributed by atoms with E-state index in [1.165, 1.54) is 5.56 Å². The maximum atomic E-state index is 13.0. The molecule has 1 atom stereocenters. The van der Waals surface area contributed by atoms with Crippen LogP contribution in [0, 0.1) is 0 Å². The molecule has 0 aliphatic heterocycles. The third-order valence-electron chi connectivity index (χ3n) is 5.30. The molecule has 3 aromatic rings. The lowest BCUT2D eigenvalue weighted by Crippen LogP contribution is -2.34. The van der Waals surface area contributed by atoms with Gasteiger partial charge in [-0.15, -0.1) is 0 Å². The summed E-state index contributed by atoms with van der Waals surface area (Å²) in [6, 6.07) is 13.3. The fourth-order valence-corrected chi connectivity index (χ4v) is 4.11. The largest absolute Gasteiger partial charge is 0.347 e. The highest BCUT2D eigenvalue weighted by molar-refractivity contribution is 6.31. The van der Waals surface area contributed by atoms with Crippen LogP contribution in [0.1, 0.15) is 47.3 Å². The number of benzene rings is 2. The van der Waals surface area contributed by atoms with Crippen molar-refractivity contribution in [3.8, 4) is 0 Å². The van der Waals surface area contributed by atoms with E-state index in [1.54, 1.807) is 18.3 Å². The zero-order valence-corrected chi connectivity index (χ0v) is 15.9. The first-order chi connectivity index (χ1) is 13.1. The average Bonchev–Trinajstić information content (AvgIpc) is 2.69. The predicted molar refractivity (Wildman–Crippen MR) is 108 cm³/mol. The smallest absolute Gasteiger partial charge is 0.257 e. The number of pyridine rings is 1. The first kappa shape index (κ1) is 17.8. The highest BCUT2D eigenvalue weighted by Gasteiger charge is 2.23. The van der Waals surface area contributed by atoms with Crippen LogP contribution in [0.2, 0.25) is 5.02 Å². The van der Waals surface area contributed by atoms with E-state index >= 15 is 0 Å². The Labute approximate surface area is 162 Å². The molecule has 1 amide bonds. The maximum absolute atomic E-state index is 13.0. The standard InChI is InChI=1S/C22H21ClN2O2/c1-2-25-13-18(21(26)17-12-15(23)10-11-20(17)25)22(27)24-19-9-5-7-14-6-3-4-8-16(14)19/h3-4,6,8,10-13,19H,2,5,7,9H2,1H3,(H,24,27). The lowest BCUT2D eigenvalue weighted by Gasteiger charge is -2.26. The Hall–Kier alpha value is -2.59. The normalized spacial score (nSPS) is 16.1. The van der Waals surface area contributed by atoms with Crippen LogP contribution in [-0.4, -0.2) is 10.5 Å². The molecule has 0 fully saturated rings. The van der Waals surface area contributed by atoms with Gasteiger partial charge in [0.2, 0.25) is 5.43 Å². The lowest BCUT2D eigenvalue weighted by molar-refractivity contribution is 0.0931. The Bertz CT molecular complexity index is 1090. The van der Waals surface area contributed by atoms with Gasteiger partial charge in [0, 0.05) is 23.2 Å². The molecule has 0 spiro atoms. The highest BCUT2D eigenvalue weighted by atomic mass is 35.5. The summed E-state index contributed by atoms with van der Waals surface area (Å²) in [5.74, 6) is -0.328. The van der Waals surface area contributed by atoms with E-state index in [0.29, 0.717) is 17.0 Å². The molecule has 4 nitrogen and oxygen atoms in total. The monoisotopic (exact) mass is 380 g/mol. The van der Waals surface area contributed by atoms with Crippen molar-refractivity contribution in [2.24, 2.45) is 0 Å². The van der Waals surface area contributed by atoms with Crippen molar-refractivity contribution in [3.63, 3.8) is 0 Å². The van der Waals surface area contributed by atoms with Crippen molar-refractivity contribution < 1.29 is 4.79 Å². The Morgan fingerprint density at radius 3 is 2.89 bits per heavy atom. The Balaban J connectivity index is 1.74. The van der Waals surface area contributed by atoms with Crippen molar-refractivity contribution in [2.45, 2.75) is 38.8 Å². The third-order valence-corrected chi connectivity index (χ3v) is 5.54. The number of nitrogens with zero attached hydrogens (tertiary/aromatic N) is 1. The van der Waals surface area contributed by atoms with Gasteiger partial charge in [-0.3, -0.25) is 9.59 Å². The van der Waals surface area contributed by atoms with Gasteiger partial charge >= 0.3 is 0 Å². The summed E-state index contributed by atoms with van der Waals surface area (Å²) in [7, 11) is 0. The highest BCUT2D eigenvalue weighted by Crippen LogP contribution is 2.29. The van der Waals surface area contributed by atoms with E-state index in [9.17, 15) is 9.59 Å². The number of rotatable bonds is 3. The van der Waals surface area contributed by atoms with Crippen LogP contribution < -0.4 is 10.7 Å². The number of aryl methyl sites for hydroxylation is 2. The molecule has 1 aliphatic rings. The summed E-state index contributed by atoms with van der Waals surface area (Å²) < 4.78 is 1.91. The van der Waals surface area contributed by atoms with Crippen molar-refractivity contribution in [3.05, 3.63) is 80.6 Å². The number of hydrogen-bond donors (Lipinski definition) is 1. The van der Waals surface area contributed by atoms with Crippen molar-refractivity contribution in [2.75, 3.05) is 0 Å². The summed E-state index contributed by atoms with van der Waals surface area (Å²) in [4.78, 5) is 25.9. The van der Waals surface area contributed by atoms with Gasteiger partial charge in [-0.1, -0.05) is 35.9 Å². The van der Waals surface area contributed by atoms with E-state index in [4.69, 9.17) is 11.6 Å². The van der Waals surface area contributed by atoms with Crippen molar-refractivity contribution in [1.29, 1.82) is 0 Å². The number of amides is 1. The summed E-state index contributed by atoms with van der Waals surface area (Å²) in [5.41, 5.74) is 3.09. The molecule has 0 radical (unpaired) electrons. The van der Waals surface area contributed by atoms with E-state index in [0.717, 1.165) is 30.3 Å².